The highest BCUT2D eigenvalue weighted by molar-refractivity contribution is 7.99. The molecule has 146 valence electrons. The molecule has 8 heteroatoms. The van der Waals surface area contributed by atoms with Crippen LogP contribution >= 0.6 is 23.4 Å². The molecular weight excluding hydrogens is 410 g/mol. The number of rotatable bonds is 7. The molecule has 0 atom stereocenters. The number of carbonyl (C=O) groups excluding carboxylic acids is 1. The number of hydrogen-bond donors (Lipinski definition) is 1. The van der Waals surface area contributed by atoms with E-state index in [2.05, 4.69) is 10.5 Å². The van der Waals surface area contributed by atoms with Crippen LogP contribution in [0.3, 0.4) is 0 Å². The van der Waals surface area contributed by atoms with Gasteiger partial charge >= 0.3 is 0 Å². The zero-order valence-electron chi connectivity index (χ0n) is 15.1. The molecule has 0 aliphatic carbocycles. The average Bonchev–Trinajstić information content (AvgIpc) is 2.71. The zero-order valence-corrected chi connectivity index (χ0v) is 16.7. The SMILES string of the molecule is O=C(Cc1ccccc1[N+](=O)[O-])NN=Cc1ccccc1Sc1ccc(Cl)cc1. The van der Waals surface area contributed by atoms with Gasteiger partial charge < -0.3 is 0 Å². The Kier molecular flexibility index (Phi) is 6.99. The molecule has 1 amide bonds. The van der Waals surface area contributed by atoms with Gasteiger partial charge in [0, 0.05) is 32.0 Å². The molecule has 0 heterocycles. The van der Waals surface area contributed by atoms with E-state index in [4.69, 9.17) is 11.6 Å². The number of carbonyl (C=O) groups is 1. The Balaban J connectivity index is 1.65. The summed E-state index contributed by atoms with van der Waals surface area (Å²) < 4.78 is 0. The Morgan fingerprint density at radius 1 is 1.07 bits per heavy atom. The number of halogens is 1. The van der Waals surface area contributed by atoms with Gasteiger partial charge in [-0.1, -0.05) is 59.8 Å². The van der Waals surface area contributed by atoms with Gasteiger partial charge in [-0.3, -0.25) is 14.9 Å². The molecule has 6 nitrogen and oxygen atoms in total. The normalized spacial score (nSPS) is 10.8. The maximum atomic E-state index is 12.1. The van der Waals surface area contributed by atoms with Crippen LogP contribution in [0, 0.1) is 10.1 Å². The first-order valence-corrected chi connectivity index (χ1v) is 9.79. The van der Waals surface area contributed by atoms with Gasteiger partial charge in [0.1, 0.15) is 0 Å². The number of nitro groups is 1. The lowest BCUT2D eigenvalue weighted by molar-refractivity contribution is -0.385. The summed E-state index contributed by atoms with van der Waals surface area (Å²) in [6.45, 7) is 0. The fourth-order valence-electron chi connectivity index (χ4n) is 2.53. The maximum absolute atomic E-state index is 12.1. The minimum Gasteiger partial charge on any atom is -0.273 e. The molecule has 0 aliphatic rings. The monoisotopic (exact) mass is 425 g/mol. The molecule has 3 aromatic carbocycles. The summed E-state index contributed by atoms with van der Waals surface area (Å²) in [5.74, 6) is -0.432. The second kappa shape index (κ2) is 9.86. The third-order valence-corrected chi connectivity index (χ3v) is 5.24. The number of nitrogens with zero attached hydrogens (tertiary/aromatic N) is 2. The van der Waals surface area contributed by atoms with E-state index in [1.807, 2.05) is 48.5 Å². The summed E-state index contributed by atoms with van der Waals surface area (Å²) in [5, 5.41) is 15.7. The number of hydrogen-bond acceptors (Lipinski definition) is 5. The molecule has 0 spiro atoms. The Labute approximate surface area is 176 Å². The van der Waals surface area contributed by atoms with Crippen molar-refractivity contribution in [3.05, 3.63) is 99.1 Å². The van der Waals surface area contributed by atoms with E-state index in [1.54, 1.807) is 36.2 Å². The van der Waals surface area contributed by atoms with Crippen LogP contribution in [0.5, 0.6) is 0 Å². The molecule has 0 aliphatic heterocycles. The van der Waals surface area contributed by atoms with Crippen LogP contribution in [0.15, 0.2) is 87.7 Å². The van der Waals surface area contributed by atoms with Crippen LogP contribution < -0.4 is 5.43 Å². The number of hydrazone groups is 1. The third-order valence-electron chi connectivity index (χ3n) is 3.89. The lowest BCUT2D eigenvalue weighted by Crippen LogP contribution is -2.20. The summed E-state index contributed by atoms with van der Waals surface area (Å²) in [6, 6.07) is 21.3. The third kappa shape index (κ3) is 5.91. The molecule has 0 unspecified atom stereocenters. The van der Waals surface area contributed by atoms with Crippen molar-refractivity contribution in [1.82, 2.24) is 5.43 Å². The van der Waals surface area contributed by atoms with E-state index < -0.39 is 10.8 Å². The largest absolute Gasteiger partial charge is 0.273 e. The van der Waals surface area contributed by atoms with Gasteiger partial charge in [-0.15, -0.1) is 0 Å². The molecule has 29 heavy (non-hydrogen) atoms. The minimum absolute atomic E-state index is 0.0867. The van der Waals surface area contributed by atoms with Crippen molar-refractivity contribution in [3.63, 3.8) is 0 Å². The fraction of sp³-hybridized carbons (Fsp3) is 0.0476. The van der Waals surface area contributed by atoms with Crippen molar-refractivity contribution in [2.45, 2.75) is 16.2 Å². The summed E-state index contributed by atoms with van der Waals surface area (Å²) in [4.78, 5) is 24.6. The molecule has 0 radical (unpaired) electrons. The topological polar surface area (TPSA) is 84.6 Å². The standard InChI is InChI=1S/C21H16ClN3O3S/c22-17-9-11-18(12-10-17)29-20-8-4-2-6-16(20)14-23-24-21(26)13-15-5-1-3-7-19(15)25(27)28/h1-12,14H,13H2,(H,24,26). The number of para-hydroxylation sites is 1. The highest BCUT2D eigenvalue weighted by Gasteiger charge is 2.15. The smallest absolute Gasteiger partial charge is 0.273 e. The molecule has 0 saturated carbocycles. The molecule has 3 rings (SSSR count). The average molecular weight is 426 g/mol. The summed E-state index contributed by atoms with van der Waals surface area (Å²) in [5.41, 5.74) is 3.51. The van der Waals surface area contributed by atoms with Crippen LogP contribution in [0.25, 0.3) is 0 Å². The van der Waals surface area contributed by atoms with Crippen LogP contribution in [0.4, 0.5) is 5.69 Å². The van der Waals surface area contributed by atoms with Gasteiger partial charge in [0.05, 0.1) is 17.6 Å². The highest BCUT2D eigenvalue weighted by Crippen LogP contribution is 2.30. The summed E-state index contributed by atoms with van der Waals surface area (Å²) in [6.07, 6.45) is 1.42. The molecular formula is C21H16ClN3O3S. The number of benzene rings is 3. The Morgan fingerprint density at radius 2 is 1.76 bits per heavy atom. The van der Waals surface area contributed by atoms with Crippen LogP contribution in [-0.4, -0.2) is 17.0 Å². The van der Waals surface area contributed by atoms with Gasteiger partial charge in [0.15, 0.2) is 0 Å². The first kappa shape index (κ1) is 20.6. The van der Waals surface area contributed by atoms with Gasteiger partial charge in [0.25, 0.3) is 5.69 Å². The lowest BCUT2D eigenvalue weighted by Gasteiger charge is -2.06. The Morgan fingerprint density at radius 3 is 2.52 bits per heavy atom. The molecule has 1 N–H and O–H groups in total. The fourth-order valence-corrected chi connectivity index (χ4v) is 3.57. The predicted octanol–water partition coefficient (Wildman–Crippen LogP) is 5.09. The minimum atomic E-state index is -0.504. The zero-order chi connectivity index (χ0) is 20.6. The summed E-state index contributed by atoms with van der Waals surface area (Å²) in [7, 11) is 0. The van der Waals surface area contributed by atoms with Crippen LogP contribution in [0.2, 0.25) is 5.02 Å². The van der Waals surface area contributed by atoms with Crippen molar-refractivity contribution in [1.29, 1.82) is 0 Å². The van der Waals surface area contributed by atoms with E-state index in [-0.39, 0.29) is 12.1 Å². The quantitative estimate of drug-likeness (QED) is 0.324. The molecule has 3 aromatic rings. The van der Waals surface area contributed by atoms with Crippen molar-refractivity contribution >= 4 is 41.2 Å². The van der Waals surface area contributed by atoms with Crippen molar-refractivity contribution in [2.24, 2.45) is 5.10 Å². The van der Waals surface area contributed by atoms with Gasteiger partial charge in [-0.2, -0.15) is 5.10 Å². The van der Waals surface area contributed by atoms with E-state index in [9.17, 15) is 14.9 Å². The van der Waals surface area contributed by atoms with Crippen LogP contribution in [0.1, 0.15) is 11.1 Å². The molecule has 0 saturated heterocycles. The van der Waals surface area contributed by atoms with E-state index in [0.29, 0.717) is 10.6 Å². The van der Waals surface area contributed by atoms with Crippen molar-refractivity contribution in [3.8, 4) is 0 Å². The summed E-state index contributed by atoms with van der Waals surface area (Å²) >= 11 is 7.47. The van der Waals surface area contributed by atoms with Gasteiger partial charge in [-0.25, -0.2) is 5.43 Å². The van der Waals surface area contributed by atoms with Crippen LogP contribution in [-0.2, 0) is 11.2 Å². The lowest BCUT2D eigenvalue weighted by atomic mass is 10.1. The molecule has 0 aromatic heterocycles. The maximum Gasteiger partial charge on any atom is 0.273 e. The first-order chi connectivity index (χ1) is 14.0. The molecule has 0 fully saturated rings. The first-order valence-electron chi connectivity index (χ1n) is 8.59. The number of nitro benzene ring substituents is 1. The number of nitrogens with one attached hydrogen (secondary N) is 1. The Hall–Kier alpha value is -3.16. The van der Waals surface area contributed by atoms with Gasteiger partial charge in [-0.05, 0) is 30.3 Å². The molecule has 0 bridgehead atoms. The Bertz CT molecular complexity index is 1060. The highest BCUT2D eigenvalue weighted by atomic mass is 35.5. The predicted molar refractivity (Wildman–Crippen MR) is 115 cm³/mol. The van der Waals surface area contributed by atoms with Crippen molar-refractivity contribution in [2.75, 3.05) is 0 Å². The van der Waals surface area contributed by atoms with E-state index in [1.165, 1.54) is 6.07 Å². The second-order valence-corrected chi connectivity index (χ2v) is 7.50. The van der Waals surface area contributed by atoms with E-state index in [0.717, 1.165) is 15.4 Å². The van der Waals surface area contributed by atoms with Crippen molar-refractivity contribution < 1.29 is 9.72 Å². The van der Waals surface area contributed by atoms with Gasteiger partial charge in [0.2, 0.25) is 5.91 Å². The number of amides is 1. The van der Waals surface area contributed by atoms with E-state index >= 15 is 0 Å². The second-order valence-electron chi connectivity index (χ2n) is 5.95.